The predicted molar refractivity (Wildman–Crippen MR) is 85.9 cm³/mol. The molecule has 0 aromatic heterocycles. The first kappa shape index (κ1) is 15.5. The molecular weight excluding hydrogens is 294 g/mol. The number of amides is 3. The van der Waals surface area contributed by atoms with Crippen LogP contribution in [0.1, 0.15) is 29.6 Å². The van der Waals surface area contributed by atoms with Crippen molar-refractivity contribution in [3.05, 3.63) is 29.8 Å². The van der Waals surface area contributed by atoms with E-state index in [9.17, 15) is 14.4 Å². The molecule has 1 aromatic carbocycles. The van der Waals surface area contributed by atoms with Crippen molar-refractivity contribution in [3.8, 4) is 0 Å². The zero-order valence-corrected chi connectivity index (χ0v) is 13.4. The molecule has 23 heavy (non-hydrogen) atoms. The summed E-state index contributed by atoms with van der Waals surface area (Å²) in [4.78, 5) is 39.9. The Bertz CT molecular complexity index is 652. The molecule has 1 saturated heterocycles. The van der Waals surface area contributed by atoms with Gasteiger partial charge in [-0.05, 0) is 25.0 Å². The van der Waals surface area contributed by atoms with Crippen LogP contribution >= 0.6 is 0 Å². The molecule has 0 radical (unpaired) electrons. The molecule has 1 aliphatic carbocycles. The Morgan fingerprint density at radius 1 is 1.22 bits per heavy atom. The topological polar surface area (TPSA) is 69.7 Å². The molecule has 2 aliphatic rings. The molecule has 122 valence electrons. The summed E-state index contributed by atoms with van der Waals surface area (Å²) in [5, 5.41) is 2.82. The first-order valence-electron chi connectivity index (χ1n) is 7.88. The molecule has 2 fully saturated rings. The normalized spacial score (nSPS) is 20.5. The van der Waals surface area contributed by atoms with Crippen LogP contribution in [0.5, 0.6) is 0 Å². The van der Waals surface area contributed by atoms with E-state index in [0.29, 0.717) is 23.8 Å². The Morgan fingerprint density at radius 2 is 1.91 bits per heavy atom. The molecule has 1 aromatic rings. The Labute approximate surface area is 135 Å². The van der Waals surface area contributed by atoms with Crippen molar-refractivity contribution in [3.63, 3.8) is 0 Å². The zero-order chi connectivity index (χ0) is 16.6. The van der Waals surface area contributed by atoms with Crippen molar-refractivity contribution in [2.75, 3.05) is 26.0 Å². The molecule has 1 N–H and O–H groups in total. The maximum Gasteiger partial charge on any atom is 0.255 e. The zero-order valence-electron chi connectivity index (χ0n) is 13.4. The van der Waals surface area contributed by atoms with Crippen LogP contribution in [0, 0.1) is 5.92 Å². The summed E-state index contributed by atoms with van der Waals surface area (Å²) in [5.41, 5.74) is 0.947. The minimum Gasteiger partial charge on any atom is -0.345 e. The number of likely N-dealkylation sites (tertiary alicyclic amines) is 1. The fourth-order valence-electron chi connectivity index (χ4n) is 2.90. The Hall–Kier alpha value is -2.37. The van der Waals surface area contributed by atoms with Gasteiger partial charge in [0.15, 0.2) is 0 Å². The number of benzene rings is 1. The second kappa shape index (κ2) is 6.02. The van der Waals surface area contributed by atoms with Crippen LogP contribution in [0.3, 0.4) is 0 Å². The second-order valence-electron chi connectivity index (χ2n) is 6.41. The van der Waals surface area contributed by atoms with Crippen LogP contribution in [0.25, 0.3) is 0 Å². The SMILES string of the molecule is CN(C)C(=O)c1ccccc1NC(=O)C1CC(=O)N(C2CC2)C1. The van der Waals surface area contributed by atoms with E-state index in [1.165, 1.54) is 4.90 Å². The first-order chi connectivity index (χ1) is 11.0. The van der Waals surface area contributed by atoms with Gasteiger partial charge in [-0.25, -0.2) is 0 Å². The summed E-state index contributed by atoms with van der Waals surface area (Å²) in [5.74, 6) is -0.639. The van der Waals surface area contributed by atoms with Crippen molar-refractivity contribution in [1.82, 2.24) is 9.80 Å². The van der Waals surface area contributed by atoms with Crippen LogP contribution in [0.4, 0.5) is 5.69 Å². The lowest BCUT2D eigenvalue weighted by Crippen LogP contribution is -2.30. The van der Waals surface area contributed by atoms with Gasteiger partial charge >= 0.3 is 0 Å². The third-order valence-corrected chi connectivity index (χ3v) is 4.34. The highest BCUT2D eigenvalue weighted by Gasteiger charge is 2.41. The molecule has 1 atom stereocenters. The second-order valence-corrected chi connectivity index (χ2v) is 6.41. The molecule has 1 unspecified atom stereocenters. The van der Waals surface area contributed by atoms with Gasteiger partial charge in [0.2, 0.25) is 11.8 Å². The number of rotatable bonds is 4. The molecule has 1 saturated carbocycles. The van der Waals surface area contributed by atoms with Gasteiger partial charge in [-0.3, -0.25) is 14.4 Å². The van der Waals surface area contributed by atoms with Crippen LogP contribution in [-0.4, -0.2) is 54.2 Å². The molecule has 1 heterocycles. The minimum atomic E-state index is -0.342. The highest BCUT2D eigenvalue weighted by atomic mass is 16.2. The number of para-hydroxylation sites is 1. The molecule has 3 amide bonds. The maximum absolute atomic E-state index is 12.5. The maximum atomic E-state index is 12.5. The van der Waals surface area contributed by atoms with Crippen LogP contribution in [0.2, 0.25) is 0 Å². The summed E-state index contributed by atoms with van der Waals surface area (Å²) in [6, 6.07) is 7.28. The molecule has 0 bridgehead atoms. The van der Waals surface area contributed by atoms with Crippen molar-refractivity contribution in [2.24, 2.45) is 5.92 Å². The fraction of sp³-hybridized carbons (Fsp3) is 0.471. The van der Waals surface area contributed by atoms with Crippen LogP contribution in [-0.2, 0) is 9.59 Å². The van der Waals surface area contributed by atoms with E-state index in [4.69, 9.17) is 0 Å². The van der Waals surface area contributed by atoms with Gasteiger partial charge < -0.3 is 15.1 Å². The van der Waals surface area contributed by atoms with Gasteiger partial charge in [0, 0.05) is 33.1 Å². The quantitative estimate of drug-likeness (QED) is 0.911. The van der Waals surface area contributed by atoms with E-state index in [1.54, 1.807) is 38.4 Å². The molecule has 3 rings (SSSR count). The van der Waals surface area contributed by atoms with Crippen molar-refractivity contribution in [1.29, 1.82) is 0 Å². The van der Waals surface area contributed by atoms with E-state index in [2.05, 4.69) is 5.32 Å². The van der Waals surface area contributed by atoms with E-state index in [1.807, 2.05) is 4.90 Å². The standard InChI is InChI=1S/C17H21N3O3/c1-19(2)17(23)13-5-3-4-6-14(13)18-16(22)11-9-15(21)20(10-11)12-7-8-12/h3-6,11-12H,7-10H2,1-2H3,(H,18,22). The Morgan fingerprint density at radius 3 is 2.57 bits per heavy atom. The van der Waals surface area contributed by atoms with Gasteiger partial charge in [-0.15, -0.1) is 0 Å². The number of hydrogen-bond acceptors (Lipinski definition) is 3. The number of nitrogens with zero attached hydrogens (tertiary/aromatic N) is 2. The monoisotopic (exact) mass is 315 g/mol. The smallest absolute Gasteiger partial charge is 0.255 e. The number of nitrogens with one attached hydrogen (secondary N) is 1. The van der Waals surface area contributed by atoms with Crippen molar-refractivity contribution in [2.45, 2.75) is 25.3 Å². The summed E-state index contributed by atoms with van der Waals surface area (Å²) in [6.07, 6.45) is 2.34. The molecule has 6 heteroatoms. The van der Waals surface area contributed by atoms with Crippen LogP contribution in [0.15, 0.2) is 24.3 Å². The summed E-state index contributed by atoms with van der Waals surface area (Å²) in [6.45, 7) is 0.485. The fourth-order valence-corrected chi connectivity index (χ4v) is 2.90. The summed E-state index contributed by atoms with van der Waals surface area (Å²) in [7, 11) is 3.34. The van der Waals surface area contributed by atoms with Crippen LogP contribution < -0.4 is 5.32 Å². The lowest BCUT2D eigenvalue weighted by molar-refractivity contribution is -0.128. The Balaban J connectivity index is 1.71. The highest BCUT2D eigenvalue weighted by Crippen LogP contribution is 2.33. The van der Waals surface area contributed by atoms with E-state index in [0.717, 1.165) is 12.8 Å². The number of carbonyl (C=O) groups excluding carboxylic acids is 3. The third kappa shape index (κ3) is 3.21. The van der Waals surface area contributed by atoms with E-state index < -0.39 is 0 Å². The predicted octanol–water partition coefficient (Wildman–Crippen LogP) is 1.34. The number of carbonyl (C=O) groups is 3. The highest BCUT2D eigenvalue weighted by molar-refractivity contribution is 6.05. The van der Waals surface area contributed by atoms with Crippen molar-refractivity contribution < 1.29 is 14.4 Å². The van der Waals surface area contributed by atoms with Gasteiger partial charge in [0.1, 0.15) is 0 Å². The number of hydrogen-bond donors (Lipinski definition) is 1. The minimum absolute atomic E-state index is 0.0605. The molecule has 6 nitrogen and oxygen atoms in total. The van der Waals surface area contributed by atoms with Crippen molar-refractivity contribution >= 4 is 23.4 Å². The number of anilines is 1. The molecule has 1 aliphatic heterocycles. The average molecular weight is 315 g/mol. The summed E-state index contributed by atoms with van der Waals surface area (Å²) >= 11 is 0. The largest absolute Gasteiger partial charge is 0.345 e. The molecule has 0 spiro atoms. The average Bonchev–Trinajstić information content (AvgIpc) is 3.29. The van der Waals surface area contributed by atoms with E-state index in [-0.39, 0.29) is 30.1 Å². The van der Waals surface area contributed by atoms with Gasteiger partial charge in [-0.2, -0.15) is 0 Å². The molecular formula is C17H21N3O3. The first-order valence-corrected chi connectivity index (χ1v) is 7.88. The summed E-state index contributed by atoms with van der Waals surface area (Å²) < 4.78 is 0. The lowest BCUT2D eigenvalue weighted by Gasteiger charge is -2.17. The van der Waals surface area contributed by atoms with Gasteiger partial charge in [-0.1, -0.05) is 12.1 Å². The Kier molecular flexibility index (Phi) is 4.07. The van der Waals surface area contributed by atoms with Gasteiger partial charge in [0.05, 0.1) is 17.2 Å². The third-order valence-electron chi connectivity index (χ3n) is 4.34. The van der Waals surface area contributed by atoms with E-state index >= 15 is 0 Å². The lowest BCUT2D eigenvalue weighted by atomic mass is 10.1. The van der Waals surface area contributed by atoms with Gasteiger partial charge in [0.25, 0.3) is 5.91 Å².